The molecule has 0 aliphatic heterocycles. The summed E-state index contributed by atoms with van der Waals surface area (Å²) in [5.41, 5.74) is 7.31. The quantitative estimate of drug-likeness (QED) is 0.695. The lowest BCUT2D eigenvalue weighted by molar-refractivity contribution is 1.12. The molecule has 1 heterocycles. The Kier molecular flexibility index (Phi) is 2.78. The molecule has 0 bridgehead atoms. The van der Waals surface area contributed by atoms with E-state index >= 15 is 0 Å². The van der Waals surface area contributed by atoms with Gasteiger partial charge in [-0.15, -0.1) is 0 Å². The molecule has 0 spiro atoms. The third-order valence-corrected chi connectivity index (χ3v) is 3.20. The highest BCUT2D eigenvalue weighted by molar-refractivity contribution is 5.64. The Hall–Kier alpha value is -1.63. The molecular formula is C15H17N. The van der Waals surface area contributed by atoms with Crippen LogP contribution in [-0.2, 0) is 0 Å². The molecule has 0 aliphatic carbocycles. The van der Waals surface area contributed by atoms with Gasteiger partial charge in [0, 0.05) is 11.3 Å². The van der Waals surface area contributed by atoms with Crippen molar-refractivity contribution >= 4 is 0 Å². The molecule has 0 saturated heterocycles. The molecule has 0 atom stereocenters. The molecule has 82 valence electrons. The van der Waals surface area contributed by atoms with E-state index in [0.29, 0.717) is 0 Å². The molecule has 2 rings (SSSR count). The normalized spacial score (nSPS) is 10.5. The van der Waals surface area contributed by atoms with E-state index in [-0.39, 0.29) is 0 Å². The Morgan fingerprint density at radius 1 is 0.875 bits per heavy atom. The van der Waals surface area contributed by atoms with Crippen molar-refractivity contribution < 1.29 is 0 Å². The first-order chi connectivity index (χ1) is 7.59. The molecule has 0 saturated carbocycles. The van der Waals surface area contributed by atoms with Gasteiger partial charge in [0.1, 0.15) is 0 Å². The first kappa shape index (κ1) is 10.9. The van der Waals surface area contributed by atoms with Gasteiger partial charge < -0.3 is 0 Å². The second-order valence-electron chi connectivity index (χ2n) is 4.35. The minimum absolute atomic E-state index is 1.08. The number of nitrogens with zero attached hydrogens (tertiary/aromatic N) is 1. The van der Waals surface area contributed by atoms with Crippen LogP contribution in [0.1, 0.15) is 22.4 Å². The van der Waals surface area contributed by atoms with E-state index in [9.17, 15) is 0 Å². The largest absolute Gasteiger partial charge is 0.253 e. The summed E-state index contributed by atoms with van der Waals surface area (Å²) < 4.78 is 0. The molecule has 2 aromatic rings. The summed E-state index contributed by atoms with van der Waals surface area (Å²) in [4.78, 5) is 4.66. The lowest BCUT2D eigenvalue weighted by Gasteiger charge is -2.10. The lowest BCUT2D eigenvalue weighted by Crippen LogP contribution is -1.95. The van der Waals surface area contributed by atoms with Crippen molar-refractivity contribution in [2.45, 2.75) is 27.7 Å². The first-order valence-corrected chi connectivity index (χ1v) is 5.60. The van der Waals surface area contributed by atoms with Crippen LogP contribution in [0.15, 0.2) is 30.3 Å². The fourth-order valence-electron chi connectivity index (χ4n) is 1.89. The Labute approximate surface area is 97.2 Å². The van der Waals surface area contributed by atoms with Crippen LogP contribution < -0.4 is 0 Å². The van der Waals surface area contributed by atoms with Gasteiger partial charge in [0.25, 0.3) is 0 Å². The van der Waals surface area contributed by atoms with Crippen LogP contribution in [0.5, 0.6) is 0 Å². The summed E-state index contributed by atoms with van der Waals surface area (Å²) >= 11 is 0. The maximum absolute atomic E-state index is 4.66. The summed E-state index contributed by atoms with van der Waals surface area (Å²) in [6, 6.07) is 10.6. The molecular weight excluding hydrogens is 194 g/mol. The van der Waals surface area contributed by atoms with Gasteiger partial charge in [0.15, 0.2) is 0 Å². The number of benzene rings is 1. The first-order valence-electron chi connectivity index (χ1n) is 5.60. The van der Waals surface area contributed by atoms with Gasteiger partial charge in [-0.25, -0.2) is 0 Å². The Morgan fingerprint density at radius 2 is 1.56 bits per heavy atom. The maximum Gasteiger partial charge on any atom is 0.0710 e. The summed E-state index contributed by atoms with van der Waals surface area (Å²) in [5.74, 6) is 0. The van der Waals surface area contributed by atoms with E-state index < -0.39 is 0 Å². The highest BCUT2D eigenvalue weighted by Crippen LogP contribution is 2.24. The average Bonchev–Trinajstić information content (AvgIpc) is 2.26. The standard InChI is InChI=1S/C15H17N/c1-10-7-5-6-8-14(10)15-9-11(2)12(3)13(4)16-15/h5-9H,1-4H3. The minimum Gasteiger partial charge on any atom is -0.253 e. The SMILES string of the molecule is Cc1ccccc1-c1cc(C)c(C)c(C)n1. The zero-order chi connectivity index (χ0) is 11.7. The Bertz CT molecular complexity index is 504. The fraction of sp³-hybridized carbons (Fsp3) is 0.267. The molecule has 0 radical (unpaired) electrons. The third-order valence-electron chi connectivity index (χ3n) is 3.20. The monoisotopic (exact) mass is 211 g/mol. The molecule has 1 heteroatoms. The highest BCUT2D eigenvalue weighted by Gasteiger charge is 2.06. The van der Waals surface area contributed by atoms with Crippen molar-refractivity contribution in [3.63, 3.8) is 0 Å². The zero-order valence-electron chi connectivity index (χ0n) is 10.3. The van der Waals surface area contributed by atoms with Crippen LogP contribution >= 0.6 is 0 Å². The number of hydrogen-bond donors (Lipinski definition) is 0. The molecule has 16 heavy (non-hydrogen) atoms. The molecule has 0 N–H and O–H groups in total. The summed E-state index contributed by atoms with van der Waals surface area (Å²) in [5, 5.41) is 0. The number of rotatable bonds is 1. The van der Waals surface area contributed by atoms with E-state index in [0.717, 1.165) is 11.4 Å². The van der Waals surface area contributed by atoms with E-state index in [2.05, 4.69) is 63.0 Å². The molecule has 0 fully saturated rings. The van der Waals surface area contributed by atoms with E-state index in [1.54, 1.807) is 0 Å². The highest BCUT2D eigenvalue weighted by atomic mass is 14.7. The van der Waals surface area contributed by atoms with Gasteiger partial charge >= 0.3 is 0 Å². The smallest absolute Gasteiger partial charge is 0.0710 e. The van der Waals surface area contributed by atoms with Gasteiger partial charge in [0.2, 0.25) is 0 Å². The maximum atomic E-state index is 4.66. The van der Waals surface area contributed by atoms with Gasteiger partial charge in [-0.05, 0) is 50.5 Å². The van der Waals surface area contributed by atoms with Crippen LogP contribution in [-0.4, -0.2) is 4.98 Å². The van der Waals surface area contributed by atoms with E-state index in [1.165, 1.54) is 22.3 Å². The number of pyridine rings is 1. The van der Waals surface area contributed by atoms with Crippen LogP contribution in [0.4, 0.5) is 0 Å². The van der Waals surface area contributed by atoms with Crippen molar-refractivity contribution in [2.24, 2.45) is 0 Å². The fourth-order valence-corrected chi connectivity index (χ4v) is 1.89. The van der Waals surface area contributed by atoms with Gasteiger partial charge in [-0.1, -0.05) is 24.3 Å². The predicted molar refractivity (Wildman–Crippen MR) is 68.6 cm³/mol. The van der Waals surface area contributed by atoms with Crippen LogP contribution in [0.3, 0.4) is 0 Å². The second-order valence-corrected chi connectivity index (χ2v) is 4.35. The molecule has 0 unspecified atom stereocenters. The zero-order valence-corrected chi connectivity index (χ0v) is 10.3. The molecule has 1 nitrogen and oxygen atoms in total. The molecule has 0 aliphatic rings. The van der Waals surface area contributed by atoms with Crippen LogP contribution in [0.2, 0.25) is 0 Å². The second kappa shape index (κ2) is 4.09. The van der Waals surface area contributed by atoms with Gasteiger partial charge in [-0.2, -0.15) is 0 Å². The average molecular weight is 211 g/mol. The predicted octanol–water partition coefficient (Wildman–Crippen LogP) is 3.98. The summed E-state index contributed by atoms with van der Waals surface area (Å²) in [7, 11) is 0. The Balaban J connectivity index is 2.62. The van der Waals surface area contributed by atoms with Gasteiger partial charge in [-0.3, -0.25) is 4.98 Å². The van der Waals surface area contributed by atoms with Crippen molar-refractivity contribution in [3.8, 4) is 11.3 Å². The van der Waals surface area contributed by atoms with Crippen LogP contribution in [0, 0.1) is 27.7 Å². The molecule has 1 aromatic heterocycles. The molecule has 0 amide bonds. The van der Waals surface area contributed by atoms with Crippen LogP contribution in [0.25, 0.3) is 11.3 Å². The number of hydrogen-bond acceptors (Lipinski definition) is 1. The lowest BCUT2D eigenvalue weighted by atomic mass is 10.0. The topological polar surface area (TPSA) is 12.9 Å². The number of aromatic nitrogens is 1. The minimum atomic E-state index is 1.08. The van der Waals surface area contributed by atoms with E-state index in [1.807, 2.05) is 0 Å². The third kappa shape index (κ3) is 1.85. The van der Waals surface area contributed by atoms with Crippen molar-refractivity contribution in [1.82, 2.24) is 4.98 Å². The van der Waals surface area contributed by atoms with Crippen molar-refractivity contribution in [3.05, 3.63) is 52.7 Å². The summed E-state index contributed by atoms with van der Waals surface area (Å²) in [6.07, 6.45) is 0. The van der Waals surface area contributed by atoms with E-state index in [4.69, 9.17) is 0 Å². The number of aryl methyl sites for hydroxylation is 3. The molecule has 1 aromatic carbocycles. The van der Waals surface area contributed by atoms with Gasteiger partial charge in [0.05, 0.1) is 5.69 Å². The Morgan fingerprint density at radius 3 is 2.19 bits per heavy atom. The van der Waals surface area contributed by atoms with Crippen molar-refractivity contribution in [1.29, 1.82) is 0 Å². The van der Waals surface area contributed by atoms with Crippen molar-refractivity contribution in [2.75, 3.05) is 0 Å². The summed E-state index contributed by atoms with van der Waals surface area (Å²) in [6.45, 7) is 8.47.